The summed E-state index contributed by atoms with van der Waals surface area (Å²) in [6, 6.07) is 8.96. The third kappa shape index (κ3) is 3.55. The molecule has 1 heterocycles. The lowest BCUT2D eigenvalue weighted by Gasteiger charge is -2.16. The third-order valence-electron chi connectivity index (χ3n) is 2.75. The fraction of sp³-hybridized carbons (Fsp3) is 0.500. The average molecular weight is 250 g/mol. The number of benzene rings is 1. The highest BCUT2D eigenvalue weighted by atomic mass is 16.7. The minimum absolute atomic E-state index is 0.00331. The molecule has 1 atom stereocenters. The molecule has 0 unspecified atom stereocenters. The molecule has 98 valence electrons. The Morgan fingerprint density at radius 3 is 2.72 bits per heavy atom. The van der Waals surface area contributed by atoms with Crippen LogP contribution >= 0.6 is 0 Å². The first-order valence-corrected chi connectivity index (χ1v) is 6.11. The van der Waals surface area contributed by atoms with Crippen LogP contribution in [0.1, 0.15) is 30.6 Å². The Bertz CT molecular complexity index is 400. The van der Waals surface area contributed by atoms with Crippen LogP contribution in [0, 0.1) is 0 Å². The van der Waals surface area contributed by atoms with Crippen LogP contribution in [0.5, 0.6) is 0 Å². The molecule has 4 heteroatoms. The predicted octanol–water partition coefficient (Wildman–Crippen LogP) is 2.39. The molecule has 0 radical (unpaired) electrons. The van der Waals surface area contributed by atoms with Gasteiger partial charge < -0.3 is 14.2 Å². The van der Waals surface area contributed by atoms with Crippen molar-refractivity contribution in [3.05, 3.63) is 35.9 Å². The summed E-state index contributed by atoms with van der Waals surface area (Å²) in [6.45, 7) is 4.65. The fourth-order valence-corrected chi connectivity index (χ4v) is 1.85. The van der Waals surface area contributed by atoms with Crippen LogP contribution in [0.3, 0.4) is 0 Å². The zero-order valence-corrected chi connectivity index (χ0v) is 10.7. The van der Waals surface area contributed by atoms with E-state index >= 15 is 0 Å². The maximum absolute atomic E-state index is 11.7. The standard InChI is InChI=1S/C14H18O4/c1-14(2)17-10-12(18-14)8-9-16-13(15)11-6-4-3-5-7-11/h3-7,12H,8-10H2,1-2H3/t12-/m0/s1. The van der Waals surface area contributed by atoms with E-state index in [1.54, 1.807) is 12.1 Å². The van der Waals surface area contributed by atoms with Crippen LogP contribution in [-0.2, 0) is 14.2 Å². The first-order chi connectivity index (χ1) is 8.57. The minimum Gasteiger partial charge on any atom is -0.462 e. The van der Waals surface area contributed by atoms with E-state index in [9.17, 15) is 4.79 Å². The monoisotopic (exact) mass is 250 g/mol. The molecule has 0 aliphatic carbocycles. The Hall–Kier alpha value is -1.39. The van der Waals surface area contributed by atoms with Gasteiger partial charge in [-0.05, 0) is 26.0 Å². The minimum atomic E-state index is -0.520. The van der Waals surface area contributed by atoms with Gasteiger partial charge in [-0.25, -0.2) is 4.79 Å². The van der Waals surface area contributed by atoms with E-state index in [1.165, 1.54) is 0 Å². The Morgan fingerprint density at radius 1 is 1.39 bits per heavy atom. The molecule has 1 aromatic rings. The molecule has 1 saturated heterocycles. The molecule has 1 aromatic carbocycles. The van der Waals surface area contributed by atoms with Crippen LogP contribution in [0.15, 0.2) is 30.3 Å². The lowest BCUT2D eigenvalue weighted by molar-refractivity contribution is -0.139. The first-order valence-electron chi connectivity index (χ1n) is 6.11. The summed E-state index contributed by atoms with van der Waals surface area (Å²) in [4.78, 5) is 11.7. The maximum Gasteiger partial charge on any atom is 0.338 e. The van der Waals surface area contributed by atoms with Crippen molar-refractivity contribution >= 4 is 5.97 Å². The van der Waals surface area contributed by atoms with Crippen molar-refractivity contribution in [2.24, 2.45) is 0 Å². The van der Waals surface area contributed by atoms with Crippen LogP contribution in [0.25, 0.3) is 0 Å². The van der Waals surface area contributed by atoms with Crippen LogP contribution < -0.4 is 0 Å². The molecule has 0 bridgehead atoms. The Morgan fingerprint density at radius 2 is 2.11 bits per heavy atom. The maximum atomic E-state index is 11.7. The molecular weight excluding hydrogens is 232 g/mol. The lowest BCUT2D eigenvalue weighted by atomic mass is 10.2. The van der Waals surface area contributed by atoms with Crippen molar-refractivity contribution in [2.75, 3.05) is 13.2 Å². The summed E-state index contributed by atoms with van der Waals surface area (Å²) in [7, 11) is 0. The number of hydrogen-bond acceptors (Lipinski definition) is 4. The van der Waals surface area contributed by atoms with Gasteiger partial charge in [-0.1, -0.05) is 18.2 Å². The summed E-state index contributed by atoms with van der Waals surface area (Å²) in [5.41, 5.74) is 0.571. The van der Waals surface area contributed by atoms with Crippen molar-refractivity contribution in [1.29, 1.82) is 0 Å². The number of carbonyl (C=O) groups excluding carboxylic acids is 1. The van der Waals surface area contributed by atoms with Gasteiger partial charge in [0.1, 0.15) is 0 Å². The van der Waals surface area contributed by atoms with Crippen LogP contribution in [-0.4, -0.2) is 31.1 Å². The number of ether oxygens (including phenoxy) is 3. The SMILES string of the molecule is CC1(C)OC[C@H](CCOC(=O)c2ccccc2)O1. The van der Waals surface area contributed by atoms with Gasteiger partial charge in [0.2, 0.25) is 0 Å². The highest BCUT2D eigenvalue weighted by Crippen LogP contribution is 2.23. The van der Waals surface area contributed by atoms with E-state index in [2.05, 4.69) is 0 Å². The second-order valence-corrected chi connectivity index (χ2v) is 4.74. The number of rotatable bonds is 4. The van der Waals surface area contributed by atoms with E-state index in [1.807, 2.05) is 32.0 Å². The van der Waals surface area contributed by atoms with Crippen molar-refractivity contribution < 1.29 is 19.0 Å². The number of carbonyl (C=O) groups is 1. The zero-order valence-electron chi connectivity index (χ0n) is 10.7. The molecular formula is C14H18O4. The highest BCUT2D eigenvalue weighted by molar-refractivity contribution is 5.89. The Balaban J connectivity index is 1.72. The number of esters is 1. The second kappa shape index (κ2) is 5.50. The van der Waals surface area contributed by atoms with E-state index in [-0.39, 0.29) is 12.1 Å². The summed E-state index contributed by atoms with van der Waals surface area (Å²) in [5, 5.41) is 0. The molecule has 1 aliphatic heterocycles. The molecule has 1 fully saturated rings. The Labute approximate surface area is 107 Å². The largest absolute Gasteiger partial charge is 0.462 e. The van der Waals surface area contributed by atoms with Gasteiger partial charge in [0.05, 0.1) is 24.9 Å². The van der Waals surface area contributed by atoms with E-state index < -0.39 is 5.79 Å². The van der Waals surface area contributed by atoms with Gasteiger partial charge >= 0.3 is 5.97 Å². The lowest BCUT2D eigenvalue weighted by Crippen LogP contribution is -2.22. The van der Waals surface area contributed by atoms with Crippen molar-refractivity contribution in [1.82, 2.24) is 0 Å². The Kier molecular flexibility index (Phi) is 3.99. The zero-order chi connectivity index (χ0) is 13.0. The molecule has 1 aliphatic rings. The van der Waals surface area contributed by atoms with Gasteiger partial charge in [-0.15, -0.1) is 0 Å². The molecule has 2 rings (SSSR count). The summed E-state index contributed by atoms with van der Waals surface area (Å²) in [6.07, 6.45) is 0.658. The van der Waals surface area contributed by atoms with E-state index in [0.717, 1.165) is 0 Å². The van der Waals surface area contributed by atoms with Crippen LogP contribution in [0.4, 0.5) is 0 Å². The predicted molar refractivity (Wildman–Crippen MR) is 66.2 cm³/mol. The van der Waals surface area contributed by atoms with Gasteiger partial charge in [0.25, 0.3) is 0 Å². The van der Waals surface area contributed by atoms with Crippen LogP contribution in [0.2, 0.25) is 0 Å². The topological polar surface area (TPSA) is 44.8 Å². The number of hydrogen-bond donors (Lipinski definition) is 0. The normalized spacial score (nSPS) is 21.8. The van der Waals surface area contributed by atoms with Crippen molar-refractivity contribution in [3.8, 4) is 0 Å². The molecule has 0 saturated carbocycles. The van der Waals surface area contributed by atoms with Gasteiger partial charge in [0.15, 0.2) is 5.79 Å². The molecule has 4 nitrogen and oxygen atoms in total. The fourth-order valence-electron chi connectivity index (χ4n) is 1.85. The van der Waals surface area contributed by atoms with E-state index in [4.69, 9.17) is 14.2 Å². The summed E-state index contributed by atoms with van der Waals surface area (Å²) < 4.78 is 16.2. The second-order valence-electron chi connectivity index (χ2n) is 4.74. The molecule has 18 heavy (non-hydrogen) atoms. The molecule has 0 amide bonds. The third-order valence-corrected chi connectivity index (χ3v) is 2.75. The highest BCUT2D eigenvalue weighted by Gasteiger charge is 2.32. The average Bonchev–Trinajstić information content (AvgIpc) is 2.70. The smallest absolute Gasteiger partial charge is 0.338 e. The quantitative estimate of drug-likeness (QED) is 0.770. The van der Waals surface area contributed by atoms with Crippen molar-refractivity contribution in [3.63, 3.8) is 0 Å². The molecule has 0 aromatic heterocycles. The van der Waals surface area contributed by atoms with Gasteiger partial charge in [0, 0.05) is 6.42 Å². The first kappa shape index (κ1) is 13.1. The van der Waals surface area contributed by atoms with Gasteiger partial charge in [-0.3, -0.25) is 0 Å². The molecule has 0 N–H and O–H groups in total. The van der Waals surface area contributed by atoms with Crippen molar-refractivity contribution in [2.45, 2.75) is 32.2 Å². The summed E-state index contributed by atoms with van der Waals surface area (Å²) >= 11 is 0. The van der Waals surface area contributed by atoms with E-state index in [0.29, 0.717) is 25.2 Å². The van der Waals surface area contributed by atoms with Gasteiger partial charge in [-0.2, -0.15) is 0 Å². The molecule has 0 spiro atoms. The summed E-state index contributed by atoms with van der Waals surface area (Å²) in [5.74, 6) is -0.817.